The highest BCUT2D eigenvalue weighted by Crippen LogP contribution is 2.29. The highest BCUT2D eigenvalue weighted by molar-refractivity contribution is 5.71. The molecule has 0 saturated heterocycles. The van der Waals surface area contributed by atoms with Gasteiger partial charge in [-0.1, -0.05) is 6.92 Å². The fourth-order valence-electron chi connectivity index (χ4n) is 2.66. The van der Waals surface area contributed by atoms with Gasteiger partial charge in [0.15, 0.2) is 0 Å². The Bertz CT molecular complexity index is 674. The quantitative estimate of drug-likeness (QED) is 0.796. The lowest BCUT2D eigenvalue weighted by atomic mass is 9.94. The topological polar surface area (TPSA) is 39.2 Å². The number of aryl methyl sites for hydroxylation is 2. The second kappa shape index (κ2) is 6.69. The van der Waals surface area contributed by atoms with Crippen molar-refractivity contribution in [1.29, 1.82) is 0 Å². The molecule has 0 aliphatic heterocycles. The first-order valence-corrected chi connectivity index (χ1v) is 7.22. The lowest BCUT2D eigenvalue weighted by molar-refractivity contribution is -0.140. The van der Waals surface area contributed by atoms with Crippen LogP contribution < -0.4 is 0 Å². The van der Waals surface area contributed by atoms with Crippen LogP contribution in [0.5, 0.6) is 0 Å². The van der Waals surface area contributed by atoms with Crippen molar-refractivity contribution in [3.05, 3.63) is 53.0 Å². The molecule has 0 saturated carbocycles. The Morgan fingerprint density at radius 3 is 2.50 bits per heavy atom. The van der Waals surface area contributed by atoms with Gasteiger partial charge in [-0.25, -0.2) is 4.39 Å². The van der Waals surface area contributed by atoms with Crippen LogP contribution >= 0.6 is 0 Å². The predicted molar refractivity (Wildman–Crippen MR) is 84.2 cm³/mol. The second-order valence-corrected chi connectivity index (χ2v) is 5.57. The number of benzene rings is 1. The summed E-state index contributed by atoms with van der Waals surface area (Å²) in [5.74, 6) is -0.441. The van der Waals surface area contributed by atoms with E-state index >= 15 is 0 Å². The van der Waals surface area contributed by atoms with Crippen molar-refractivity contribution >= 4 is 5.97 Å². The van der Waals surface area contributed by atoms with Gasteiger partial charge in [0, 0.05) is 11.8 Å². The zero-order chi connectivity index (χ0) is 16.3. The minimum atomic E-state index is -0.242. The molecule has 4 heteroatoms. The third-order valence-corrected chi connectivity index (χ3v) is 3.81. The number of methoxy groups -OCH3 is 1. The molecule has 1 atom stereocenters. The lowest BCUT2D eigenvalue weighted by Crippen LogP contribution is -2.06. The molecule has 2 rings (SSSR count). The summed E-state index contributed by atoms with van der Waals surface area (Å²) in [5.41, 5.74) is 4.45. The molecule has 0 N–H and O–H groups in total. The van der Waals surface area contributed by atoms with Crippen LogP contribution in [0.4, 0.5) is 4.39 Å². The van der Waals surface area contributed by atoms with Gasteiger partial charge in [-0.15, -0.1) is 0 Å². The molecule has 0 spiro atoms. The molecule has 0 aliphatic rings. The van der Waals surface area contributed by atoms with E-state index < -0.39 is 0 Å². The number of carbonyl (C=O) groups is 1. The minimum Gasteiger partial charge on any atom is -0.469 e. The van der Waals surface area contributed by atoms with Crippen LogP contribution in [0.15, 0.2) is 30.5 Å². The predicted octanol–water partition coefficient (Wildman–Crippen LogP) is 4.17. The average molecular weight is 301 g/mol. The van der Waals surface area contributed by atoms with Gasteiger partial charge in [0.2, 0.25) is 0 Å². The van der Waals surface area contributed by atoms with E-state index in [1.165, 1.54) is 19.2 Å². The monoisotopic (exact) mass is 301 g/mol. The highest BCUT2D eigenvalue weighted by Gasteiger charge is 2.14. The van der Waals surface area contributed by atoms with Gasteiger partial charge >= 0.3 is 5.97 Å². The van der Waals surface area contributed by atoms with Crippen molar-refractivity contribution in [2.45, 2.75) is 33.1 Å². The van der Waals surface area contributed by atoms with Crippen molar-refractivity contribution in [1.82, 2.24) is 4.98 Å². The molecule has 2 aromatic rings. The molecular formula is C18H20FNO2. The van der Waals surface area contributed by atoms with Crippen molar-refractivity contribution in [3.8, 4) is 11.3 Å². The molecule has 1 heterocycles. The number of pyridine rings is 1. The number of hydrogen-bond acceptors (Lipinski definition) is 3. The zero-order valence-corrected chi connectivity index (χ0v) is 13.3. The maximum Gasteiger partial charge on any atom is 0.306 e. The summed E-state index contributed by atoms with van der Waals surface area (Å²) >= 11 is 0. The Balaban J connectivity index is 2.39. The van der Waals surface area contributed by atoms with E-state index in [4.69, 9.17) is 4.74 Å². The molecule has 0 amide bonds. The summed E-state index contributed by atoms with van der Waals surface area (Å²) in [6, 6.07) is 6.87. The molecule has 0 bridgehead atoms. The number of esters is 1. The first-order chi connectivity index (χ1) is 10.4. The van der Waals surface area contributed by atoms with Crippen LogP contribution in [0, 0.1) is 19.7 Å². The molecule has 0 aliphatic carbocycles. The summed E-state index contributed by atoms with van der Waals surface area (Å²) in [5, 5.41) is 0. The van der Waals surface area contributed by atoms with Crippen LogP contribution in [0.1, 0.15) is 36.0 Å². The molecule has 1 aromatic carbocycles. The Labute approximate surface area is 130 Å². The molecule has 0 fully saturated rings. The first kappa shape index (κ1) is 16.1. The van der Waals surface area contributed by atoms with E-state index in [1.54, 1.807) is 6.20 Å². The number of ether oxygens (including phenoxy) is 1. The fourth-order valence-corrected chi connectivity index (χ4v) is 2.66. The zero-order valence-electron chi connectivity index (χ0n) is 13.3. The van der Waals surface area contributed by atoms with Crippen LogP contribution in [-0.4, -0.2) is 18.1 Å². The summed E-state index contributed by atoms with van der Waals surface area (Å²) < 4.78 is 18.2. The summed E-state index contributed by atoms with van der Waals surface area (Å²) in [7, 11) is 1.39. The van der Waals surface area contributed by atoms with E-state index in [2.05, 4.69) is 4.98 Å². The van der Waals surface area contributed by atoms with Gasteiger partial charge in [-0.3, -0.25) is 9.78 Å². The van der Waals surface area contributed by atoms with Crippen molar-refractivity contribution in [2.24, 2.45) is 0 Å². The Morgan fingerprint density at radius 1 is 1.27 bits per heavy atom. The third-order valence-electron chi connectivity index (χ3n) is 3.81. The van der Waals surface area contributed by atoms with E-state index in [1.807, 2.05) is 32.9 Å². The fraction of sp³-hybridized carbons (Fsp3) is 0.333. The average Bonchev–Trinajstić information content (AvgIpc) is 2.46. The van der Waals surface area contributed by atoms with Gasteiger partial charge in [0.1, 0.15) is 5.82 Å². The lowest BCUT2D eigenvalue weighted by Gasteiger charge is -2.14. The minimum absolute atomic E-state index is 0.0373. The SMILES string of the molecule is COC(=O)C[C@H](C)c1ccnc(-c2c(C)cc(F)cc2C)c1. The second-order valence-electron chi connectivity index (χ2n) is 5.57. The van der Waals surface area contributed by atoms with Gasteiger partial charge in [0.25, 0.3) is 0 Å². The van der Waals surface area contributed by atoms with E-state index in [0.717, 1.165) is 27.9 Å². The molecule has 0 unspecified atom stereocenters. The van der Waals surface area contributed by atoms with Gasteiger partial charge < -0.3 is 4.74 Å². The molecule has 1 aromatic heterocycles. The van der Waals surface area contributed by atoms with Gasteiger partial charge in [-0.2, -0.15) is 0 Å². The summed E-state index contributed by atoms with van der Waals surface area (Å²) in [6.45, 7) is 5.72. The molecule has 116 valence electrons. The molecule has 3 nitrogen and oxygen atoms in total. The third kappa shape index (κ3) is 3.50. The van der Waals surface area contributed by atoms with E-state index in [9.17, 15) is 9.18 Å². The summed E-state index contributed by atoms with van der Waals surface area (Å²) in [4.78, 5) is 15.8. The van der Waals surface area contributed by atoms with Crippen molar-refractivity contribution in [2.75, 3.05) is 7.11 Å². The standard InChI is InChI=1S/C18H20FNO2/c1-11(9-17(21)22-4)14-5-6-20-16(10-14)18-12(2)7-15(19)8-13(18)3/h5-8,10-11H,9H2,1-4H3/t11-/m0/s1. The number of aromatic nitrogens is 1. The van der Waals surface area contributed by atoms with Crippen LogP contribution in [-0.2, 0) is 9.53 Å². The van der Waals surface area contributed by atoms with Gasteiger partial charge in [0.05, 0.1) is 19.2 Å². The maximum atomic E-state index is 13.4. The number of halogens is 1. The number of hydrogen-bond donors (Lipinski definition) is 0. The van der Waals surface area contributed by atoms with Gasteiger partial charge in [-0.05, 0) is 60.7 Å². The Morgan fingerprint density at radius 2 is 1.91 bits per heavy atom. The normalized spacial score (nSPS) is 12.0. The number of rotatable bonds is 4. The number of carbonyl (C=O) groups excluding carboxylic acids is 1. The Kier molecular flexibility index (Phi) is 4.91. The smallest absolute Gasteiger partial charge is 0.306 e. The van der Waals surface area contributed by atoms with Crippen LogP contribution in [0.3, 0.4) is 0 Å². The maximum absolute atomic E-state index is 13.4. The largest absolute Gasteiger partial charge is 0.469 e. The molecule has 0 radical (unpaired) electrons. The highest BCUT2D eigenvalue weighted by atomic mass is 19.1. The summed E-state index contributed by atoms with van der Waals surface area (Å²) in [6.07, 6.45) is 2.04. The number of nitrogens with zero attached hydrogens (tertiary/aromatic N) is 1. The van der Waals surface area contributed by atoms with Crippen molar-refractivity contribution in [3.63, 3.8) is 0 Å². The van der Waals surface area contributed by atoms with Crippen molar-refractivity contribution < 1.29 is 13.9 Å². The van der Waals surface area contributed by atoms with Crippen LogP contribution in [0.2, 0.25) is 0 Å². The van der Waals surface area contributed by atoms with E-state index in [-0.39, 0.29) is 17.7 Å². The van der Waals surface area contributed by atoms with Crippen LogP contribution in [0.25, 0.3) is 11.3 Å². The van der Waals surface area contributed by atoms with E-state index in [0.29, 0.717) is 6.42 Å². The molecular weight excluding hydrogens is 281 g/mol. The first-order valence-electron chi connectivity index (χ1n) is 7.22. The Hall–Kier alpha value is -2.23. The molecule has 22 heavy (non-hydrogen) atoms.